The Bertz CT molecular complexity index is 3150. The molecule has 0 unspecified atom stereocenters. The van der Waals surface area contributed by atoms with E-state index in [1.807, 2.05) is 12.1 Å². The van der Waals surface area contributed by atoms with Crippen molar-refractivity contribution in [1.82, 2.24) is 4.98 Å². The van der Waals surface area contributed by atoms with Crippen molar-refractivity contribution in [2.75, 3.05) is 0 Å². The second-order valence-electron chi connectivity index (χ2n) is 16.2. The zero-order chi connectivity index (χ0) is 41.7. The van der Waals surface area contributed by atoms with E-state index in [4.69, 9.17) is 14.5 Å². The number of hydrogen-bond donors (Lipinski definition) is 0. The SMILES string of the molecule is c1ccc(-c2ccc(-c3cc(-c4ccc(-c5ccccc5)cc4)nc(-c4ccc5c(c4)Oc4c(ccc6c4-c4ccccc4C6(c4ccccc4)c4ccccc4)O5)c3)cc2)cc1. The van der Waals surface area contributed by atoms with Crippen molar-refractivity contribution in [3.63, 3.8) is 0 Å². The van der Waals surface area contributed by atoms with E-state index in [1.54, 1.807) is 0 Å². The molecule has 0 fully saturated rings. The van der Waals surface area contributed by atoms with Gasteiger partial charge < -0.3 is 9.47 Å². The van der Waals surface area contributed by atoms with Gasteiger partial charge in [-0.25, -0.2) is 4.98 Å². The minimum atomic E-state index is -0.547. The number of nitrogens with zero attached hydrogens (tertiary/aromatic N) is 1. The van der Waals surface area contributed by atoms with Crippen LogP contribution < -0.4 is 9.47 Å². The van der Waals surface area contributed by atoms with Crippen molar-refractivity contribution < 1.29 is 9.47 Å². The predicted molar refractivity (Wildman–Crippen MR) is 255 cm³/mol. The van der Waals surface area contributed by atoms with E-state index in [0.717, 1.165) is 50.5 Å². The molecule has 0 bridgehead atoms. The quantitative estimate of drug-likeness (QED) is 0.161. The molecule has 2 heterocycles. The molecule has 63 heavy (non-hydrogen) atoms. The summed E-state index contributed by atoms with van der Waals surface area (Å²) in [4.78, 5) is 5.34. The Morgan fingerprint density at radius 2 is 0.762 bits per heavy atom. The first-order valence-electron chi connectivity index (χ1n) is 21.4. The number of ether oxygens (including phenoxy) is 2. The van der Waals surface area contributed by atoms with Crippen molar-refractivity contribution in [3.8, 4) is 90.0 Å². The van der Waals surface area contributed by atoms with Crippen LogP contribution in [0.15, 0.2) is 237 Å². The molecule has 0 saturated heterocycles. The van der Waals surface area contributed by atoms with E-state index < -0.39 is 5.41 Å². The summed E-state index contributed by atoms with van der Waals surface area (Å²) < 4.78 is 13.8. The van der Waals surface area contributed by atoms with Crippen molar-refractivity contribution >= 4 is 0 Å². The summed E-state index contributed by atoms with van der Waals surface area (Å²) in [7, 11) is 0. The molecule has 0 saturated carbocycles. The maximum absolute atomic E-state index is 7.09. The normalized spacial score (nSPS) is 12.8. The van der Waals surface area contributed by atoms with Crippen LogP contribution in [0, 0.1) is 0 Å². The standard InChI is InChI=1S/C60H39NO2/c1-5-15-40(16-6-1)42-25-27-44(28-26-42)47-37-53(45-31-29-43(30-32-45)41-17-7-2-8-18-41)61-54(38-47)46-33-35-55-57(39-46)63-59-56(62-55)36-34-52-58(59)50-23-13-14-24-51(50)60(52,48-19-9-3-10-20-48)49-21-11-4-12-22-49/h1-39H. The van der Waals surface area contributed by atoms with E-state index in [0.29, 0.717) is 17.2 Å². The summed E-state index contributed by atoms with van der Waals surface area (Å²) in [5.41, 5.74) is 17.0. The summed E-state index contributed by atoms with van der Waals surface area (Å²) in [6.45, 7) is 0. The van der Waals surface area contributed by atoms with Crippen LogP contribution in [0.3, 0.4) is 0 Å². The Morgan fingerprint density at radius 1 is 0.302 bits per heavy atom. The van der Waals surface area contributed by atoms with Gasteiger partial charge in [0.05, 0.1) is 16.8 Å². The van der Waals surface area contributed by atoms with Gasteiger partial charge in [0.25, 0.3) is 0 Å². The van der Waals surface area contributed by atoms with Crippen molar-refractivity contribution in [2.45, 2.75) is 5.41 Å². The Morgan fingerprint density at radius 3 is 1.37 bits per heavy atom. The molecule has 3 heteroatoms. The lowest BCUT2D eigenvalue weighted by atomic mass is 9.68. The lowest BCUT2D eigenvalue weighted by molar-refractivity contribution is 0.360. The van der Waals surface area contributed by atoms with E-state index in [1.165, 1.54) is 44.5 Å². The summed E-state index contributed by atoms with van der Waals surface area (Å²) in [5.74, 6) is 2.73. The van der Waals surface area contributed by atoms with E-state index in [9.17, 15) is 0 Å². The molecule has 3 nitrogen and oxygen atoms in total. The average molecular weight is 806 g/mol. The summed E-state index contributed by atoms with van der Waals surface area (Å²) in [5, 5.41) is 0. The Balaban J connectivity index is 0.974. The number of aromatic nitrogens is 1. The van der Waals surface area contributed by atoms with Gasteiger partial charge in [0.15, 0.2) is 23.0 Å². The number of fused-ring (bicyclic) bond motifs is 6. The largest absolute Gasteiger partial charge is 0.449 e. The van der Waals surface area contributed by atoms with E-state index >= 15 is 0 Å². The summed E-state index contributed by atoms with van der Waals surface area (Å²) in [6.07, 6.45) is 0. The monoisotopic (exact) mass is 805 g/mol. The van der Waals surface area contributed by atoms with Crippen LogP contribution in [0.1, 0.15) is 22.3 Å². The predicted octanol–water partition coefficient (Wildman–Crippen LogP) is 15.7. The molecule has 2 aliphatic rings. The fourth-order valence-electron chi connectivity index (χ4n) is 9.67. The Hall–Kier alpha value is -8.27. The molecular weight excluding hydrogens is 767 g/mol. The number of hydrogen-bond acceptors (Lipinski definition) is 3. The lowest BCUT2D eigenvalue weighted by Gasteiger charge is -2.34. The van der Waals surface area contributed by atoms with Crippen LogP contribution in [0.25, 0.3) is 67.0 Å². The molecule has 0 amide bonds. The van der Waals surface area contributed by atoms with Crippen LogP contribution in [-0.2, 0) is 5.41 Å². The van der Waals surface area contributed by atoms with Crippen LogP contribution >= 0.6 is 0 Å². The van der Waals surface area contributed by atoms with Gasteiger partial charge in [0.2, 0.25) is 0 Å². The highest BCUT2D eigenvalue weighted by Gasteiger charge is 2.48. The molecule has 0 N–H and O–H groups in total. The van der Waals surface area contributed by atoms with Crippen molar-refractivity contribution in [2.24, 2.45) is 0 Å². The Labute approximate surface area is 367 Å². The van der Waals surface area contributed by atoms with Gasteiger partial charge in [-0.3, -0.25) is 0 Å². The van der Waals surface area contributed by atoms with Crippen LogP contribution in [0.2, 0.25) is 0 Å². The smallest absolute Gasteiger partial charge is 0.178 e. The Kier molecular flexibility index (Phi) is 8.72. The molecule has 10 aromatic rings. The highest BCUT2D eigenvalue weighted by Crippen LogP contribution is 2.62. The first-order valence-corrected chi connectivity index (χ1v) is 21.4. The molecular formula is C60H39NO2. The maximum Gasteiger partial charge on any atom is 0.178 e. The van der Waals surface area contributed by atoms with Gasteiger partial charge >= 0.3 is 0 Å². The first-order chi connectivity index (χ1) is 31.2. The fourth-order valence-corrected chi connectivity index (χ4v) is 9.67. The second kappa shape index (κ2) is 15.0. The minimum Gasteiger partial charge on any atom is -0.449 e. The molecule has 1 aliphatic heterocycles. The zero-order valence-electron chi connectivity index (χ0n) is 34.3. The number of pyridine rings is 1. The third-order valence-electron chi connectivity index (χ3n) is 12.6. The molecule has 9 aromatic carbocycles. The highest BCUT2D eigenvalue weighted by atomic mass is 16.6. The van der Waals surface area contributed by atoms with Crippen LogP contribution in [-0.4, -0.2) is 4.98 Å². The van der Waals surface area contributed by atoms with Crippen molar-refractivity contribution in [1.29, 1.82) is 0 Å². The molecule has 296 valence electrons. The molecule has 0 atom stereocenters. The molecule has 0 radical (unpaired) electrons. The van der Waals surface area contributed by atoms with Crippen LogP contribution in [0.5, 0.6) is 23.0 Å². The zero-order valence-corrected chi connectivity index (χ0v) is 34.3. The number of rotatable bonds is 7. The van der Waals surface area contributed by atoms with Gasteiger partial charge in [-0.1, -0.05) is 200 Å². The second-order valence-corrected chi connectivity index (χ2v) is 16.2. The molecule has 0 spiro atoms. The molecule has 1 aliphatic carbocycles. The van der Waals surface area contributed by atoms with E-state index in [2.05, 4.69) is 224 Å². The lowest BCUT2D eigenvalue weighted by Crippen LogP contribution is -2.28. The van der Waals surface area contributed by atoms with Gasteiger partial charge in [-0.2, -0.15) is 0 Å². The minimum absolute atomic E-state index is 0.547. The fraction of sp³-hybridized carbons (Fsp3) is 0.0167. The third kappa shape index (κ3) is 6.16. The van der Waals surface area contributed by atoms with Gasteiger partial charge in [0.1, 0.15) is 0 Å². The highest BCUT2D eigenvalue weighted by molar-refractivity contribution is 5.92. The maximum atomic E-state index is 7.09. The molecule has 1 aromatic heterocycles. The third-order valence-corrected chi connectivity index (χ3v) is 12.6. The number of benzene rings is 9. The average Bonchev–Trinajstić information content (AvgIpc) is 3.68. The van der Waals surface area contributed by atoms with E-state index in [-0.39, 0.29) is 0 Å². The van der Waals surface area contributed by atoms with Gasteiger partial charge in [-0.15, -0.1) is 0 Å². The molecule has 12 rings (SSSR count). The summed E-state index contributed by atoms with van der Waals surface area (Å²) in [6, 6.07) is 83.7. The topological polar surface area (TPSA) is 31.4 Å². The van der Waals surface area contributed by atoms with Crippen molar-refractivity contribution in [3.05, 3.63) is 259 Å². The summed E-state index contributed by atoms with van der Waals surface area (Å²) >= 11 is 0. The van der Waals surface area contributed by atoms with Gasteiger partial charge in [0, 0.05) is 16.7 Å². The van der Waals surface area contributed by atoms with Crippen LogP contribution in [0.4, 0.5) is 0 Å². The van der Waals surface area contributed by atoms with Gasteiger partial charge in [-0.05, 0) is 97.6 Å². The first kappa shape index (κ1) is 36.6.